The van der Waals surface area contributed by atoms with E-state index in [1.807, 2.05) is 16.8 Å². The fourth-order valence-corrected chi connectivity index (χ4v) is 2.07. The summed E-state index contributed by atoms with van der Waals surface area (Å²) < 4.78 is 2.67. The highest BCUT2D eigenvalue weighted by Crippen LogP contribution is 2.16. The van der Waals surface area contributed by atoms with Crippen LogP contribution in [0.25, 0.3) is 5.65 Å². The van der Waals surface area contributed by atoms with Gasteiger partial charge in [0.05, 0.1) is 0 Å². The molecule has 18 heavy (non-hydrogen) atoms. The summed E-state index contributed by atoms with van der Waals surface area (Å²) in [6.45, 7) is 0.709. The quantitative estimate of drug-likeness (QED) is 0.758. The lowest BCUT2D eigenvalue weighted by molar-refractivity contribution is 0.895. The van der Waals surface area contributed by atoms with Gasteiger partial charge in [-0.05, 0) is 15.9 Å². The first-order valence-corrected chi connectivity index (χ1v) is 6.19. The van der Waals surface area contributed by atoms with E-state index in [1.54, 1.807) is 6.20 Å². The number of halogens is 1. The van der Waals surface area contributed by atoms with Crippen LogP contribution in [0.5, 0.6) is 0 Å². The highest BCUT2D eigenvalue weighted by molar-refractivity contribution is 9.10. The number of hydrogen-bond acceptors (Lipinski definition) is 5. The van der Waals surface area contributed by atoms with E-state index in [2.05, 4.69) is 46.4 Å². The van der Waals surface area contributed by atoms with E-state index in [9.17, 15) is 0 Å². The van der Waals surface area contributed by atoms with E-state index < -0.39 is 0 Å². The monoisotopic (exact) mass is 307 g/mol. The molecule has 92 valence electrons. The molecule has 3 rings (SSSR count). The van der Waals surface area contributed by atoms with Crippen molar-refractivity contribution in [2.45, 2.75) is 6.42 Å². The third-order valence-corrected chi connectivity index (χ3v) is 2.85. The smallest absolute Gasteiger partial charge is 0.180 e. The van der Waals surface area contributed by atoms with Gasteiger partial charge in [-0.2, -0.15) is 5.10 Å². The van der Waals surface area contributed by atoms with E-state index in [1.165, 1.54) is 6.33 Å². The molecule has 8 heteroatoms. The van der Waals surface area contributed by atoms with Crippen LogP contribution in [0.4, 0.5) is 5.82 Å². The Kier molecular flexibility index (Phi) is 2.93. The molecule has 0 aromatic carbocycles. The predicted octanol–water partition coefficient (Wildman–Crippen LogP) is 1.26. The van der Waals surface area contributed by atoms with Crippen LogP contribution in [-0.2, 0) is 6.42 Å². The molecule has 0 saturated heterocycles. The second kappa shape index (κ2) is 4.73. The van der Waals surface area contributed by atoms with Crippen molar-refractivity contribution in [3.63, 3.8) is 0 Å². The summed E-state index contributed by atoms with van der Waals surface area (Å²) in [6, 6.07) is 0. The standard InChI is InChI=1S/C10H10BrN7/c11-7-5-18-4-3-13-10(18)9(16-7)12-2-1-8-14-6-15-17-8/h3-6H,1-2H2,(H,12,16)(H,14,15,17). The molecular weight excluding hydrogens is 298 g/mol. The van der Waals surface area contributed by atoms with Crippen molar-refractivity contribution in [2.75, 3.05) is 11.9 Å². The van der Waals surface area contributed by atoms with Crippen molar-refractivity contribution in [2.24, 2.45) is 0 Å². The van der Waals surface area contributed by atoms with Crippen LogP contribution in [0.3, 0.4) is 0 Å². The molecule has 0 bridgehead atoms. The van der Waals surface area contributed by atoms with Crippen molar-refractivity contribution in [1.29, 1.82) is 0 Å². The molecule has 0 saturated carbocycles. The maximum Gasteiger partial charge on any atom is 0.180 e. The number of nitrogens with zero attached hydrogens (tertiary/aromatic N) is 5. The van der Waals surface area contributed by atoms with Crippen molar-refractivity contribution < 1.29 is 0 Å². The highest BCUT2D eigenvalue weighted by Gasteiger charge is 2.06. The third kappa shape index (κ3) is 2.19. The minimum atomic E-state index is 0.709. The average Bonchev–Trinajstić information content (AvgIpc) is 2.98. The maximum absolute atomic E-state index is 4.37. The van der Waals surface area contributed by atoms with Gasteiger partial charge in [0, 0.05) is 31.6 Å². The number of H-pyrrole nitrogens is 1. The fraction of sp³-hybridized carbons (Fsp3) is 0.200. The molecule has 2 N–H and O–H groups in total. The number of aromatic nitrogens is 6. The van der Waals surface area contributed by atoms with Crippen LogP contribution < -0.4 is 5.32 Å². The van der Waals surface area contributed by atoms with Crippen LogP contribution in [-0.4, -0.2) is 36.1 Å². The molecule has 7 nitrogen and oxygen atoms in total. The largest absolute Gasteiger partial charge is 0.366 e. The summed E-state index contributed by atoms with van der Waals surface area (Å²) in [7, 11) is 0. The maximum atomic E-state index is 4.37. The van der Waals surface area contributed by atoms with Crippen LogP contribution in [0.1, 0.15) is 5.82 Å². The molecule has 0 aliphatic carbocycles. The van der Waals surface area contributed by atoms with Crippen LogP contribution in [0.15, 0.2) is 29.5 Å². The van der Waals surface area contributed by atoms with Crippen molar-refractivity contribution in [3.05, 3.63) is 35.3 Å². The number of hydrogen-bond donors (Lipinski definition) is 2. The van der Waals surface area contributed by atoms with Gasteiger partial charge in [-0.15, -0.1) is 0 Å². The molecule has 3 heterocycles. The second-order valence-corrected chi connectivity index (χ2v) is 4.49. The summed E-state index contributed by atoms with van der Waals surface area (Å²) >= 11 is 3.37. The van der Waals surface area contributed by atoms with E-state index in [-0.39, 0.29) is 0 Å². The van der Waals surface area contributed by atoms with Gasteiger partial charge in [-0.3, -0.25) is 5.10 Å². The minimum Gasteiger partial charge on any atom is -0.366 e. The van der Waals surface area contributed by atoms with Crippen LogP contribution >= 0.6 is 15.9 Å². The zero-order valence-electron chi connectivity index (χ0n) is 9.34. The number of nitrogens with one attached hydrogen (secondary N) is 2. The summed E-state index contributed by atoms with van der Waals surface area (Å²) in [6.07, 6.45) is 7.74. The van der Waals surface area contributed by atoms with Gasteiger partial charge in [-0.25, -0.2) is 15.0 Å². The summed E-state index contributed by atoms with van der Waals surface area (Å²) in [4.78, 5) is 12.7. The van der Waals surface area contributed by atoms with E-state index >= 15 is 0 Å². The lowest BCUT2D eigenvalue weighted by Gasteiger charge is -2.06. The SMILES string of the molecule is Brc1cn2ccnc2c(NCCc2ncn[nH]2)n1. The fourth-order valence-electron chi connectivity index (χ4n) is 1.67. The van der Waals surface area contributed by atoms with Gasteiger partial charge in [0.15, 0.2) is 11.5 Å². The molecule has 0 aliphatic rings. The van der Waals surface area contributed by atoms with Gasteiger partial charge in [0.1, 0.15) is 16.8 Å². The van der Waals surface area contributed by atoms with Crippen molar-refractivity contribution in [3.8, 4) is 0 Å². The van der Waals surface area contributed by atoms with Gasteiger partial charge in [0.25, 0.3) is 0 Å². The molecule has 0 amide bonds. The molecule has 0 fully saturated rings. The van der Waals surface area contributed by atoms with Gasteiger partial charge < -0.3 is 9.72 Å². The number of rotatable bonds is 4. The molecular formula is C10H10BrN7. The lowest BCUT2D eigenvalue weighted by atomic mass is 10.4. The average molecular weight is 308 g/mol. The number of aromatic amines is 1. The van der Waals surface area contributed by atoms with Gasteiger partial charge >= 0.3 is 0 Å². The molecule has 0 radical (unpaired) electrons. The van der Waals surface area contributed by atoms with Gasteiger partial charge in [0.2, 0.25) is 0 Å². The van der Waals surface area contributed by atoms with E-state index in [0.29, 0.717) is 6.54 Å². The molecule has 3 aromatic heterocycles. The topological polar surface area (TPSA) is 83.8 Å². The summed E-state index contributed by atoms with van der Waals surface area (Å²) in [5.74, 6) is 1.59. The summed E-state index contributed by atoms with van der Waals surface area (Å²) in [5.41, 5.74) is 0.802. The molecule has 0 unspecified atom stereocenters. The Balaban J connectivity index is 1.75. The number of imidazole rings is 1. The highest BCUT2D eigenvalue weighted by atomic mass is 79.9. The van der Waals surface area contributed by atoms with Gasteiger partial charge in [-0.1, -0.05) is 0 Å². The Hall–Kier alpha value is -1.96. The first kappa shape index (κ1) is 11.1. The Morgan fingerprint density at radius 3 is 3.17 bits per heavy atom. The van der Waals surface area contributed by atoms with Crippen LogP contribution in [0, 0.1) is 0 Å². The van der Waals surface area contributed by atoms with Crippen molar-refractivity contribution in [1.82, 2.24) is 29.5 Å². The Morgan fingerprint density at radius 1 is 1.39 bits per heavy atom. The second-order valence-electron chi connectivity index (χ2n) is 3.68. The Bertz CT molecular complexity index is 645. The zero-order valence-corrected chi connectivity index (χ0v) is 10.9. The Morgan fingerprint density at radius 2 is 2.33 bits per heavy atom. The predicted molar refractivity (Wildman–Crippen MR) is 69.3 cm³/mol. The minimum absolute atomic E-state index is 0.709. The van der Waals surface area contributed by atoms with E-state index in [0.717, 1.165) is 28.3 Å². The lowest BCUT2D eigenvalue weighted by Crippen LogP contribution is -2.09. The molecule has 3 aromatic rings. The zero-order chi connectivity index (χ0) is 12.4. The number of anilines is 1. The molecule has 0 aliphatic heterocycles. The number of fused-ring (bicyclic) bond motifs is 1. The normalized spacial score (nSPS) is 10.9. The summed E-state index contributed by atoms with van der Waals surface area (Å²) in [5, 5.41) is 9.86. The first-order chi connectivity index (χ1) is 8.83. The van der Waals surface area contributed by atoms with Crippen molar-refractivity contribution >= 4 is 27.4 Å². The van der Waals surface area contributed by atoms with Crippen LogP contribution in [0.2, 0.25) is 0 Å². The molecule has 0 atom stereocenters. The van der Waals surface area contributed by atoms with E-state index in [4.69, 9.17) is 0 Å². The molecule has 0 spiro atoms. The third-order valence-electron chi connectivity index (χ3n) is 2.46. The Labute approximate surface area is 111 Å². The first-order valence-electron chi connectivity index (χ1n) is 5.40.